The first-order valence-corrected chi connectivity index (χ1v) is 6.93. The van der Waals surface area contributed by atoms with Crippen LogP contribution >= 0.6 is 0 Å². The molecule has 106 valence electrons. The fourth-order valence-electron chi connectivity index (χ4n) is 2.29. The molecule has 0 atom stereocenters. The zero-order chi connectivity index (χ0) is 13.5. The fourth-order valence-corrected chi connectivity index (χ4v) is 2.29. The summed E-state index contributed by atoms with van der Waals surface area (Å²) in [5, 5.41) is 3.38. The van der Waals surface area contributed by atoms with E-state index in [0.29, 0.717) is 0 Å². The molecule has 19 heavy (non-hydrogen) atoms. The minimum absolute atomic E-state index is 0.755. The van der Waals surface area contributed by atoms with Gasteiger partial charge in [0.1, 0.15) is 0 Å². The van der Waals surface area contributed by atoms with Crippen molar-refractivity contribution < 1.29 is 9.47 Å². The summed E-state index contributed by atoms with van der Waals surface area (Å²) in [6, 6.07) is 6.71. The van der Waals surface area contributed by atoms with E-state index in [1.54, 1.807) is 7.11 Å². The lowest BCUT2D eigenvalue weighted by molar-refractivity contribution is 0.122. The number of hydrogen-bond acceptors (Lipinski definition) is 4. The Morgan fingerprint density at radius 3 is 2.79 bits per heavy atom. The number of ether oxygens (including phenoxy) is 2. The molecule has 1 aromatic carbocycles. The topological polar surface area (TPSA) is 33.7 Å². The monoisotopic (exact) mass is 264 g/mol. The van der Waals surface area contributed by atoms with E-state index >= 15 is 0 Å². The van der Waals surface area contributed by atoms with Crippen LogP contribution in [0.1, 0.15) is 11.1 Å². The molecule has 1 heterocycles. The summed E-state index contributed by atoms with van der Waals surface area (Å²) in [5.41, 5.74) is 4.00. The zero-order valence-corrected chi connectivity index (χ0v) is 11.9. The van der Waals surface area contributed by atoms with Crippen LogP contribution in [-0.2, 0) is 16.0 Å². The molecule has 4 nitrogen and oxygen atoms in total. The summed E-state index contributed by atoms with van der Waals surface area (Å²) in [6.45, 7) is 8.37. The highest BCUT2D eigenvalue weighted by atomic mass is 16.5. The van der Waals surface area contributed by atoms with Crippen LogP contribution in [-0.4, -0.2) is 46.6 Å². The first kappa shape index (κ1) is 14.3. The smallest absolute Gasteiger partial charge is 0.0642 e. The molecule has 4 heteroatoms. The molecule has 0 amide bonds. The summed E-state index contributed by atoms with van der Waals surface area (Å²) in [6.07, 6.45) is 0. The van der Waals surface area contributed by atoms with Crippen LogP contribution in [0.4, 0.5) is 5.69 Å². The van der Waals surface area contributed by atoms with E-state index in [2.05, 4.69) is 35.3 Å². The highest BCUT2D eigenvalue weighted by molar-refractivity contribution is 5.51. The zero-order valence-electron chi connectivity index (χ0n) is 11.9. The van der Waals surface area contributed by atoms with Gasteiger partial charge in [-0.3, -0.25) is 0 Å². The molecule has 0 aromatic heterocycles. The van der Waals surface area contributed by atoms with Crippen molar-refractivity contribution in [1.29, 1.82) is 0 Å². The van der Waals surface area contributed by atoms with Crippen molar-refractivity contribution in [3.63, 3.8) is 0 Å². The maximum atomic E-state index is 5.39. The van der Waals surface area contributed by atoms with Gasteiger partial charge in [0, 0.05) is 39.0 Å². The average Bonchev–Trinajstić information content (AvgIpc) is 2.46. The van der Waals surface area contributed by atoms with E-state index < -0.39 is 0 Å². The molecule has 0 bridgehead atoms. The lowest BCUT2D eigenvalue weighted by atomic mass is 10.1. The van der Waals surface area contributed by atoms with Crippen molar-refractivity contribution in [1.82, 2.24) is 5.32 Å². The SMILES string of the molecule is COCCNCc1ccc(N2CCOCC2)cc1C. The predicted octanol–water partition coefficient (Wildman–Crippen LogP) is 1.57. The average molecular weight is 264 g/mol. The van der Waals surface area contributed by atoms with E-state index in [1.165, 1.54) is 16.8 Å². The van der Waals surface area contributed by atoms with Gasteiger partial charge in [-0.25, -0.2) is 0 Å². The molecular formula is C15H24N2O2. The molecule has 1 aliphatic rings. The maximum Gasteiger partial charge on any atom is 0.0642 e. The third-order valence-corrected chi connectivity index (χ3v) is 3.50. The number of anilines is 1. The Hall–Kier alpha value is -1.10. The molecule has 1 aromatic rings. The van der Waals surface area contributed by atoms with Crippen LogP contribution in [0.5, 0.6) is 0 Å². The Morgan fingerprint density at radius 2 is 2.11 bits per heavy atom. The van der Waals surface area contributed by atoms with Crippen LogP contribution in [0, 0.1) is 6.92 Å². The van der Waals surface area contributed by atoms with Gasteiger partial charge in [0.05, 0.1) is 19.8 Å². The van der Waals surface area contributed by atoms with E-state index in [0.717, 1.165) is 46.0 Å². The maximum absolute atomic E-state index is 5.39. The number of hydrogen-bond donors (Lipinski definition) is 1. The summed E-state index contributed by atoms with van der Waals surface area (Å²) in [7, 11) is 1.73. The van der Waals surface area contributed by atoms with Crippen LogP contribution in [0.2, 0.25) is 0 Å². The van der Waals surface area contributed by atoms with Gasteiger partial charge in [-0.2, -0.15) is 0 Å². The Morgan fingerprint density at radius 1 is 1.32 bits per heavy atom. The molecule has 0 aliphatic carbocycles. The van der Waals surface area contributed by atoms with Gasteiger partial charge < -0.3 is 19.7 Å². The molecule has 1 fully saturated rings. The third kappa shape index (κ3) is 4.20. The molecular weight excluding hydrogens is 240 g/mol. The number of morpholine rings is 1. The molecule has 2 rings (SSSR count). The number of methoxy groups -OCH3 is 1. The van der Waals surface area contributed by atoms with Crippen LogP contribution in [0.25, 0.3) is 0 Å². The fraction of sp³-hybridized carbons (Fsp3) is 0.600. The molecule has 0 saturated carbocycles. The summed E-state index contributed by atoms with van der Waals surface area (Å²) in [5.74, 6) is 0. The van der Waals surface area contributed by atoms with Crippen molar-refractivity contribution in [2.45, 2.75) is 13.5 Å². The first-order chi connectivity index (χ1) is 9.31. The highest BCUT2D eigenvalue weighted by Crippen LogP contribution is 2.20. The minimum atomic E-state index is 0.755. The molecule has 1 saturated heterocycles. The van der Waals surface area contributed by atoms with E-state index in [-0.39, 0.29) is 0 Å². The van der Waals surface area contributed by atoms with E-state index in [9.17, 15) is 0 Å². The van der Waals surface area contributed by atoms with Gasteiger partial charge in [0.15, 0.2) is 0 Å². The Balaban J connectivity index is 1.92. The van der Waals surface area contributed by atoms with Gasteiger partial charge >= 0.3 is 0 Å². The van der Waals surface area contributed by atoms with Gasteiger partial charge in [-0.15, -0.1) is 0 Å². The van der Waals surface area contributed by atoms with Gasteiger partial charge in [-0.1, -0.05) is 6.07 Å². The Kier molecular flexibility index (Phi) is 5.63. The number of rotatable bonds is 6. The highest BCUT2D eigenvalue weighted by Gasteiger charge is 2.11. The normalized spacial score (nSPS) is 15.8. The number of nitrogens with one attached hydrogen (secondary N) is 1. The second kappa shape index (κ2) is 7.48. The van der Waals surface area contributed by atoms with E-state index in [1.807, 2.05) is 0 Å². The molecule has 0 radical (unpaired) electrons. The Bertz CT molecular complexity index is 390. The van der Waals surface area contributed by atoms with Crippen molar-refractivity contribution in [2.24, 2.45) is 0 Å². The Labute approximate surface area is 115 Å². The molecule has 1 aliphatic heterocycles. The lowest BCUT2D eigenvalue weighted by Crippen LogP contribution is -2.36. The summed E-state index contributed by atoms with van der Waals surface area (Å²) in [4.78, 5) is 2.39. The van der Waals surface area contributed by atoms with Crippen molar-refractivity contribution in [2.75, 3.05) is 51.5 Å². The quantitative estimate of drug-likeness (QED) is 0.791. The summed E-state index contributed by atoms with van der Waals surface area (Å²) >= 11 is 0. The lowest BCUT2D eigenvalue weighted by Gasteiger charge is -2.29. The molecule has 0 unspecified atom stereocenters. The largest absolute Gasteiger partial charge is 0.383 e. The second-order valence-electron chi connectivity index (χ2n) is 4.88. The number of nitrogens with zero attached hydrogens (tertiary/aromatic N) is 1. The molecule has 0 spiro atoms. The second-order valence-corrected chi connectivity index (χ2v) is 4.88. The summed E-state index contributed by atoms with van der Waals surface area (Å²) < 4.78 is 10.4. The first-order valence-electron chi connectivity index (χ1n) is 6.93. The van der Waals surface area contributed by atoms with Crippen molar-refractivity contribution in [3.8, 4) is 0 Å². The van der Waals surface area contributed by atoms with Crippen molar-refractivity contribution in [3.05, 3.63) is 29.3 Å². The van der Waals surface area contributed by atoms with Crippen molar-refractivity contribution >= 4 is 5.69 Å². The number of benzene rings is 1. The van der Waals surface area contributed by atoms with Crippen LogP contribution < -0.4 is 10.2 Å². The van der Waals surface area contributed by atoms with Crippen LogP contribution in [0.15, 0.2) is 18.2 Å². The molecule has 1 N–H and O–H groups in total. The van der Waals surface area contributed by atoms with E-state index in [4.69, 9.17) is 9.47 Å². The third-order valence-electron chi connectivity index (χ3n) is 3.50. The van der Waals surface area contributed by atoms with Gasteiger partial charge in [0.2, 0.25) is 0 Å². The standard InChI is InChI=1S/C15H24N2O2/c1-13-11-15(17-6-9-19-10-7-17)4-3-14(13)12-16-5-8-18-2/h3-4,11,16H,5-10,12H2,1-2H3. The van der Waals surface area contributed by atoms with Gasteiger partial charge in [0.25, 0.3) is 0 Å². The minimum Gasteiger partial charge on any atom is -0.383 e. The van der Waals surface area contributed by atoms with Crippen LogP contribution in [0.3, 0.4) is 0 Å². The predicted molar refractivity (Wildman–Crippen MR) is 77.8 cm³/mol. The number of aryl methyl sites for hydroxylation is 1. The van der Waals surface area contributed by atoms with Gasteiger partial charge in [-0.05, 0) is 30.2 Å².